The van der Waals surface area contributed by atoms with E-state index in [-0.39, 0.29) is 24.0 Å². The van der Waals surface area contributed by atoms with Gasteiger partial charge in [0.05, 0.1) is 16.6 Å². The van der Waals surface area contributed by atoms with Crippen molar-refractivity contribution in [2.24, 2.45) is 5.92 Å². The highest BCUT2D eigenvalue weighted by Crippen LogP contribution is 2.32. The van der Waals surface area contributed by atoms with E-state index in [0.29, 0.717) is 18.2 Å². The van der Waals surface area contributed by atoms with Gasteiger partial charge in [0.1, 0.15) is 12.3 Å². The summed E-state index contributed by atoms with van der Waals surface area (Å²) in [5.74, 6) is -0.0402. The molecule has 2 atom stereocenters. The summed E-state index contributed by atoms with van der Waals surface area (Å²) in [5, 5.41) is 11.5. The molecule has 2 heterocycles. The lowest BCUT2D eigenvalue weighted by molar-refractivity contribution is -0.384. The van der Waals surface area contributed by atoms with E-state index < -0.39 is 10.9 Å². The number of anilines is 1. The van der Waals surface area contributed by atoms with Gasteiger partial charge in [0.25, 0.3) is 5.69 Å². The molecule has 0 aromatic heterocycles. The van der Waals surface area contributed by atoms with Crippen LogP contribution in [0, 0.1) is 16.0 Å². The van der Waals surface area contributed by atoms with Gasteiger partial charge in [-0.2, -0.15) is 0 Å². The Hall–Kier alpha value is -2.15. The molecule has 0 N–H and O–H groups in total. The number of rotatable bonds is 5. The van der Waals surface area contributed by atoms with Crippen LogP contribution >= 0.6 is 0 Å². The molecule has 0 spiro atoms. The maximum absolute atomic E-state index is 12.2. The third kappa shape index (κ3) is 4.28. The minimum Gasteiger partial charge on any atom is -0.459 e. The van der Waals surface area contributed by atoms with Crippen molar-refractivity contribution in [1.82, 2.24) is 0 Å². The minimum atomic E-state index is -0.544. The minimum absolute atomic E-state index is 0.0410. The van der Waals surface area contributed by atoms with Crippen LogP contribution in [0.15, 0.2) is 18.2 Å². The Morgan fingerprint density at radius 3 is 2.92 bits per heavy atom. The van der Waals surface area contributed by atoms with Crippen LogP contribution in [0.2, 0.25) is 0 Å². The molecule has 25 heavy (non-hydrogen) atoms. The van der Waals surface area contributed by atoms with E-state index in [1.165, 1.54) is 6.07 Å². The summed E-state index contributed by atoms with van der Waals surface area (Å²) in [6.45, 7) is 4.63. The van der Waals surface area contributed by atoms with Gasteiger partial charge in [-0.15, -0.1) is 0 Å². The predicted octanol–water partition coefficient (Wildman–Crippen LogP) is 3.17. The molecule has 0 bridgehead atoms. The molecule has 0 saturated carbocycles. The molecular weight excluding hydrogens is 324 g/mol. The monoisotopic (exact) mass is 348 g/mol. The van der Waals surface area contributed by atoms with Crippen molar-refractivity contribution in [1.29, 1.82) is 0 Å². The standard InChI is InChI=1S/C18H24N2O5/c1-13-4-2-8-19(11-13)16-7-6-14(10-17(16)20(22)23)18(21)25-12-15-5-3-9-24-15/h6-7,10,13,15H,2-5,8-9,11-12H2,1H3/t13-,15+/m1/s1. The Morgan fingerprint density at radius 2 is 2.24 bits per heavy atom. The number of piperidine rings is 1. The molecule has 0 amide bonds. The van der Waals surface area contributed by atoms with Crippen LogP contribution in [-0.2, 0) is 9.47 Å². The molecule has 7 nitrogen and oxygen atoms in total. The smallest absolute Gasteiger partial charge is 0.338 e. The van der Waals surface area contributed by atoms with Crippen molar-refractivity contribution in [3.63, 3.8) is 0 Å². The zero-order valence-corrected chi connectivity index (χ0v) is 14.5. The van der Waals surface area contributed by atoms with Crippen LogP contribution in [0.3, 0.4) is 0 Å². The second-order valence-corrected chi connectivity index (χ2v) is 6.89. The summed E-state index contributed by atoms with van der Waals surface area (Å²) < 4.78 is 10.7. The van der Waals surface area contributed by atoms with Crippen molar-refractivity contribution in [2.45, 2.75) is 38.7 Å². The molecular formula is C18H24N2O5. The van der Waals surface area contributed by atoms with Crippen molar-refractivity contribution in [3.05, 3.63) is 33.9 Å². The summed E-state index contributed by atoms with van der Waals surface area (Å²) in [6.07, 6.45) is 3.94. The normalized spacial score (nSPS) is 23.5. The second-order valence-electron chi connectivity index (χ2n) is 6.89. The Kier molecular flexibility index (Phi) is 5.53. The highest BCUT2D eigenvalue weighted by atomic mass is 16.6. The lowest BCUT2D eigenvalue weighted by Gasteiger charge is -2.32. The van der Waals surface area contributed by atoms with E-state index in [1.54, 1.807) is 12.1 Å². The number of nitrogens with zero attached hydrogens (tertiary/aromatic N) is 2. The number of carbonyl (C=O) groups excluding carboxylic acids is 1. The molecule has 3 rings (SSSR count). The Morgan fingerprint density at radius 1 is 1.40 bits per heavy atom. The first-order chi connectivity index (χ1) is 12.0. The van der Waals surface area contributed by atoms with Gasteiger partial charge in [-0.3, -0.25) is 10.1 Å². The molecule has 2 aliphatic rings. The van der Waals surface area contributed by atoms with E-state index in [0.717, 1.165) is 38.8 Å². The van der Waals surface area contributed by atoms with Crippen molar-refractivity contribution in [2.75, 3.05) is 31.2 Å². The van der Waals surface area contributed by atoms with Crippen molar-refractivity contribution >= 4 is 17.3 Å². The van der Waals surface area contributed by atoms with Gasteiger partial charge >= 0.3 is 5.97 Å². The number of nitro benzene ring substituents is 1. The number of benzene rings is 1. The molecule has 1 aromatic rings. The van der Waals surface area contributed by atoms with Gasteiger partial charge in [0.15, 0.2) is 0 Å². The largest absolute Gasteiger partial charge is 0.459 e. The first-order valence-electron chi connectivity index (χ1n) is 8.86. The fourth-order valence-corrected chi connectivity index (χ4v) is 3.50. The van der Waals surface area contributed by atoms with Crippen LogP contribution in [0.5, 0.6) is 0 Å². The highest BCUT2D eigenvalue weighted by molar-refractivity contribution is 5.91. The van der Waals surface area contributed by atoms with Crippen LogP contribution in [0.1, 0.15) is 43.0 Å². The fourth-order valence-electron chi connectivity index (χ4n) is 3.50. The zero-order valence-electron chi connectivity index (χ0n) is 14.5. The quantitative estimate of drug-likeness (QED) is 0.462. The van der Waals surface area contributed by atoms with E-state index in [9.17, 15) is 14.9 Å². The summed E-state index contributed by atoms with van der Waals surface area (Å²) >= 11 is 0. The maximum atomic E-state index is 12.2. The first kappa shape index (κ1) is 17.7. The van der Waals surface area contributed by atoms with Gasteiger partial charge in [-0.05, 0) is 43.7 Å². The van der Waals surface area contributed by atoms with Crippen molar-refractivity contribution in [3.8, 4) is 0 Å². The lowest BCUT2D eigenvalue weighted by atomic mass is 9.99. The summed E-state index contributed by atoms with van der Waals surface area (Å²) in [7, 11) is 0. The van der Waals surface area contributed by atoms with Gasteiger partial charge in [0, 0.05) is 25.8 Å². The van der Waals surface area contributed by atoms with Gasteiger partial charge in [0.2, 0.25) is 0 Å². The molecule has 136 valence electrons. The number of hydrogen-bond acceptors (Lipinski definition) is 6. The average molecular weight is 348 g/mol. The van der Waals surface area contributed by atoms with Crippen molar-refractivity contribution < 1.29 is 19.2 Å². The number of ether oxygens (including phenoxy) is 2. The topological polar surface area (TPSA) is 81.9 Å². The first-order valence-corrected chi connectivity index (χ1v) is 8.86. The molecule has 2 aliphatic heterocycles. The van der Waals surface area contributed by atoms with E-state index in [4.69, 9.17) is 9.47 Å². The highest BCUT2D eigenvalue weighted by Gasteiger charge is 2.26. The second kappa shape index (κ2) is 7.82. The molecule has 2 fully saturated rings. The van der Waals surface area contributed by atoms with Crippen LogP contribution in [0.25, 0.3) is 0 Å². The number of hydrogen-bond donors (Lipinski definition) is 0. The lowest BCUT2D eigenvalue weighted by Crippen LogP contribution is -2.34. The Balaban J connectivity index is 1.73. The number of esters is 1. The average Bonchev–Trinajstić information content (AvgIpc) is 3.12. The third-order valence-electron chi connectivity index (χ3n) is 4.83. The van der Waals surface area contributed by atoms with Gasteiger partial charge in [-0.1, -0.05) is 6.92 Å². The number of nitro groups is 1. The summed E-state index contributed by atoms with van der Waals surface area (Å²) in [5.41, 5.74) is 0.742. The van der Waals surface area contributed by atoms with Gasteiger partial charge < -0.3 is 14.4 Å². The van der Waals surface area contributed by atoms with E-state index >= 15 is 0 Å². The van der Waals surface area contributed by atoms with Gasteiger partial charge in [-0.25, -0.2) is 4.79 Å². The summed E-state index contributed by atoms with van der Waals surface area (Å²) in [6, 6.07) is 4.60. The molecule has 0 radical (unpaired) electrons. The van der Waals surface area contributed by atoms with E-state index in [2.05, 4.69) is 6.92 Å². The zero-order chi connectivity index (χ0) is 17.8. The predicted molar refractivity (Wildman–Crippen MR) is 93.0 cm³/mol. The Labute approximate surface area is 147 Å². The van der Waals surface area contributed by atoms with Crippen LogP contribution < -0.4 is 4.90 Å². The molecule has 2 saturated heterocycles. The van der Waals surface area contributed by atoms with Crippen LogP contribution in [0.4, 0.5) is 11.4 Å². The SMILES string of the molecule is C[C@@H]1CCCN(c2ccc(C(=O)OC[C@@H]3CCCO3)cc2[N+](=O)[O-])C1. The summed E-state index contributed by atoms with van der Waals surface area (Å²) in [4.78, 5) is 25.3. The maximum Gasteiger partial charge on any atom is 0.338 e. The fraction of sp³-hybridized carbons (Fsp3) is 0.611. The number of carbonyl (C=O) groups is 1. The van der Waals surface area contributed by atoms with Crippen LogP contribution in [-0.4, -0.2) is 43.3 Å². The molecule has 0 unspecified atom stereocenters. The molecule has 1 aromatic carbocycles. The molecule has 7 heteroatoms. The Bertz CT molecular complexity index is 642. The molecule has 0 aliphatic carbocycles. The third-order valence-corrected chi connectivity index (χ3v) is 4.83. The van der Waals surface area contributed by atoms with E-state index in [1.807, 2.05) is 4.90 Å².